The first-order valence-corrected chi connectivity index (χ1v) is 12.4. The number of carboxylic acids is 1. The number of phenols is 1. The number of nitrogens with one attached hydrogen (secondary N) is 2. The number of rotatable bonds is 9. The van der Waals surface area contributed by atoms with Crippen molar-refractivity contribution in [2.24, 2.45) is 0 Å². The standard InChI is InChI=1S/C27H20Cl2F2N4O5/c28-17-7-16(8-18(29)9-17)21-12-23(27(40)33-22-10-19(30)20(31)11-24(22)36)35(34-21)13-14-1-3-15(4-2-14)26(39)32-6-5-25(37)38/h1-4,7-12,36H,5-6,13H2,(H,32,39)(H,33,40)(H,37,38). The van der Waals surface area contributed by atoms with Gasteiger partial charge in [-0.05, 0) is 42.0 Å². The van der Waals surface area contributed by atoms with Gasteiger partial charge in [-0.1, -0.05) is 35.3 Å². The van der Waals surface area contributed by atoms with Gasteiger partial charge in [0.2, 0.25) is 0 Å². The van der Waals surface area contributed by atoms with E-state index in [-0.39, 0.29) is 30.9 Å². The van der Waals surface area contributed by atoms with Crippen molar-refractivity contribution in [2.45, 2.75) is 13.0 Å². The molecule has 40 heavy (non-hydrogen) atoms. The number of hydrogen-bond acceptors (Lipinski definition) is 5. The number of carbonyl (C=O) groups is 3. The second-order valence-electron chi connectivity index (χ2n) is 8.56. The van der Waals surface area contributed by atoms with Crippen LogP contribution in [0.25, 0.3) is 11.3 Å². The molecule has 0 atom stereocenters. The van der Waals surface area contributed by atoms with Crippen LogP contribution in [0.5, 0.6) is 5.75 Å². The second-order valence-corrected chi connectivity index (χ2v) is 9.44. The molecule has 0 aliphatic heterocycles. The number of aliphatic carboxylic acids is 1. The SMILES string of the molecule is O=C(O)CCNC(=O)c1ccc(Cn2nc(-c3cc(Cl)cc(Cl)c3)cc2C(=O)Nc2cc(F)c(F)cc2O)cc1. The van der Waals surface area contributed by atoms with Gasteiger partial charge in [0.15, 0.2) is 11.6 Å². The van der Waals surface area contributed by atoms with Gasteiger partial charge in [-0.2, -0.15) is 5.10 Å². The number of amides is 2. The molecule has 13 heteroatoms. The molecule has 0 spiro atoms. The Morgan fingerprint density at radius 3 is 2.20 bits per heavy atom. The molecule has 0 radical (unpaired) electrons. The Kier molecular flexibility index (Phi) is 8.66. The first-order chi connectivity index (χ1) is 19.0. The van der Waals surface area contributed by atoms with E-state index in [1.54, 1.807) is 24.3 Å². The van der Waals surface area contributed by atoms with Gasteiger partial charge in [0.25, 0.3) is 11.8 Å². The lowest BCUT2D eigenvalue weighted by atomic mass is 10.1. The van der Waals surface area contributed by atoms with Crippen LogP contribution in [0, 0.1) is 11.6 Å². The third-order valence-corrected chi connectivity index (χ3v) is 6.07. The quantitative estimate of drug-likeness (QED) is 0.195. The molecule has 4 aromatic rings. The highest BCUT2D eigenvalue weighted by Gasteiger charge is 2.20. The summed E-state index contributed by atoms with van der Waals surface area (Å²) in [6.07, 6.45) is -0.212. The van der Waals surface area contributed by atoms with Gasteiger partial charge in [0, 0.05) is 39.8 Å². The highest BCUT2D eigenvalue weighted by Crippen LogP contribution is 2.29. The van der Waals surface area contributed by atoms with Gasteiger partial charge in [0.05, 0.1) is 24.3 Å². The fourth-order valence-corrected chi connectivity index (χ4v) is 4.23. The molecule has 0 fully saturated rings. The fourth-order valence-electron chi connectivity index (χ4n) is 3.71. The third kappa shape index (κ3) is 6.93. The molecule has 0 saturated carbocycles. The van der Waals surface area contributed by atoms with Crippen LogP contribution in [-0.2, 0) is 11.3 Å². The molecule has 2 amide bonds. The molecular formula is C27H20Cl2F2N4O5. The summed E-state index contributed by atoms with van der Waals surface area (Å²) in [6, 6.07) is 13.7. The van der Waals surface area contributed by atoms with Crippen LogP contribution in [0.3, 0.4) is 0 Å². The summed E-state index contributed by atoms with van der Waals surface area (Å²) in [4.78, 5) is 36.1. The normalized spacial score (nSPS) is 10.8. The maximum absolute atomic E-state index is 13.7. The number of carbonyl (C=O) groups excluding carboxylic acids is 2. The van der Waals surface area contributed by atoms with E-state index >= 15 is 0 Å². The number of anilines is 1. The van der Waals surface area contributed by atoms with E-state index in [0.717, 1.165) is 0 Å². The van der Waals surface area contributed by atoms with Crippen LogP contribution in [0.15, 0.2) is 60.7 Å². The van der Waals surface area contributed by atoms with E-state index in [2.05, 4.69) is 15.7 Å². The van der Waals surface area contributed by atoms with Crippen molar-refractivity contribution >= 4 is 46.7 Å². The van der Waals surface area contributed by atoms with Crippen LogP contribution < -0.4 is 10.6 Å². The van der Waals surface area contributed by atoms with E-state index in [1.807, 2.05) is 0 Å². The third-order valence-electron chi connectivity index (χ3n) is 5.63. The van der Waals surface area contributed by atoms with Gasteiger partial charge in [-0.15, -0.1) is 0 Å². The smallest absolute Gasteiger partial charge is 0.305 e. The summed E-state index contributed by atoms with van der Waals surface area (Å²) in [5.41, 5.74) is 1.45. The second kappa shape index (κ2) is 12.1. The van der Waals surface area contributed by atoms with E-state index in [0.29, 0.717) is 44.6 Å². The lowest BCUT2D eigenvalue weighted by molar-refractivity contribution is -0.136. The number of aromatic nitrogens is 2. The number of hydrogen-bond donors (Lipinski definition) is 4. The summed E-state index contributed by atoms with van der Waals surface area (Å²) in [7, 11) is 0. The lowest BCUT2D eigenvalue weighted by Gasteiger charge is -2.10. The van der Waals surface area contributed by atoms with Crippen molar-refractivity contribution in [3.8, 4) is 17.0 Å². The van der Waals surface area contributed by atoms with E-state index in [4.69, 9.17) is 28.3 Å². The molecule has 0 aliphatic rings. The Hall–Kier alpha value is -4.48. The Bertz CT molecular complexity index is 1590. The maximum atomic E-state index is 13.7. The Morgan fingerprint density at radius 1 is 0.900 bits per heavy atom. The first-order valence-electron chi connectivity index (χ1n) is 11.6. The molecule has 3 aromatic carbocycles. The number of carboxylic acid groups (broad SMARTS) is 1. The van der Waals surface area contributed by atoms with Crippen LogP contribution >= 0.6 is 23.2 Å². The Labute approximate surface area is 236 Å². The predicted molar refractivity (Wildman–Crippen MR) is 144 cm³/mol. The van der Waals surface area contributed by atoms with E-state index in [9.17, 15) is 28.3 Å². The van der Waals surface area contributed by atoms with Crippen molar-refractivity contribution in [2.75, 3.05) is 11.9 Å². The minimum Gasteiger partial charge on any atom is -0.506 e. The average molecular weight is 589 g/mol. The summed E-state index contributed by atoms with van der Waals surface area (Å²) >= 11 is 12.2. The van der Waals surface area contributed by atoms with Crippen LogP contribution in [-0.4, -0.2) is 44.3 Å². The molecule has 0 saturated heterocycles. The summed E-state index contributed by atoms with van der Waals surface area (Å²) in [5.74, 6) is -5.46. The maximum Gasteiger partial charge on any atom is 0.305 e. The van der Waals surface area contributed by atoms with Gasteiger partial charge in [0.1, 0.15) is 11.4 Å². The zero-order valence-corrected chi connectivity index (χ0v) is 21.9. The van der Waals surface area contributed by atoms with Crippen molar-refractivity contribution in [3.63, 3.8) is 0 Å². The van der Waals surface area contributed by atoms with Gasteiger partial charge in [-0.25, -0.2) is 8.78 Å². The zero-order chi connectivity index (χ0) is 29.0. The minimum absolute atomic E-state index is 0.00530. The fraction of sp³-hybridized carbons (Fsp3) is 0.111. The van der Waals surface area contributed by atoms with Crippen molar-refractivity contribution < 1.29 is 33.4 Å². The molecular weight excluding hydrogens is 569 g/mol. The number of nitrogens with zero attached hydrogens (tertiary/aromatic N) is 2. The van der Waals surface area contributed by atoms with Crippen molar-refractivity contribution in [1.82, 2.24) is 15.1 Å². The van der Waals surface area contributed by atoms with E-state index < -0.39 is 35.2 Å². The molecule has 0 unspecified atom stereocenters. The minimum atomic E-state index is -1.28. The molecule has 206 valence electrons. The van der Waals surface area contributed by atoms with Crippen LogP contribution in [0.2, 0.25) is 10.0 Å². The summed E-state index contributed by atoms with van der Waals surface area (Å²) < 4.78 is 28.5. The zero-order valence-electron chi connectivity index (χ0n) is 20.4. The first kappa shape index (κ1) is 28.5. The molecule has 1 heterocycles. The lowest BCUT2D eigenvalue weighted by Crippen LogP contribution is -2.26. The van der Waals surface area contributed by atoms with Gasteiger partial charge in [-0.3, -0.25) is 19.1 Å². The molecule has 4 N–H and O–H groups in total. The molecule has 0 bridgehead atoms. The molecule has 9 nitrogen and oxygen atoms in total. The summed E-state index contributed by atoms with van der Waals surface area (Å²) in [5, 5.41) is 28.7. The highest BCUT2D eigenvalue weighted by atomic mass is 35.5. The van der Waals surface area contributed by atoms with Gasteiger partial charge >= 0.3 is 5.97 Å². The average Bonchev–Trinajstić information content (AvgIpc) is 3.31. The largest absolute Gasteiger partial charge is 0.506 e. The number of halogens is 4. The van der Waals surface area contributed by atoms with Crippen molar-refractivity contribution in [3.05, 3.63) is 99.2 Å². The van der Waals surface area contributed by atoms with Gasteiger partial charge < -0.3 is 20.8 Å². The monoisotopic (exact) mass is 588 g/mol. The number of aromatic hydroxyl groups is 1. The molecule has 4 rings (SSSR count). The van der Waals surface area contributed by atoms with Crippen LogP contribution in [0.4, 0.5) is 14.5 Å². The van der Waals surface area contributed by atoms with Crippen molar-refractivity contribution in [1.29, 1.82) is 0 Å². The van der Waals surface area contributed by atoms with E-state index in [1.165, 1.54) is 28.9 Å². The number of phenolic OH excluding ortho intramolecular Hbond substituents is 1. The highest BCUT2D eigenvalue weighted by molar-refractivity contribution is 6.35. The topological polar surface area (TPSA) is 134 Å². The molecule has 0 aliphatic carbocycles. The van der Waals surface area contributed by atoms with Crippen LogP contribution in [0.1, 0.15) is 32.8 Å². The molecule has 1 aromatic heterocycles. The predicted octanol–water partition coefficient (Wildman–Crippen LogP) is 5.35. The number of benzene rings is 3. The summed E-state index contributed by atoms with van der Waals surface area (Å²) in [6.45, 7) is 0.0349. The Morgan fingerprint density at radius 2 is 1.55 bits per heavy atom. The Balaban J connectivity index is 1.63.